The molecule has 208 valence electrons. The van der Waals surface area contributed by atoms with Gasteiger partial charge in [-0.25, -0.2) is 8.60 Å². The molecule has 0 aromatic heterocycles. The van der Waals surface area contributed by atoms with Crippen molar-refractivity contribution in [3.63, 3.8) is 0 Å². The summed E-state index contributed by atoms with van der Waals surface area (Å²) in [5.41, 5.74) is 2.71. The molecule has 2 aliphatic rings. The summed E-state index contributed by atoms with van der Waals surface area (Å²) in [5, 5.41) is 0. The molecule has 6 rings (SSSR count). The Morgan fingerprint density at radius 1 is 0.805 bits per heavy atom. The highest BCUT2D eigenvalue weighted by Crippen LogP contribution is 2.42. The summed E-state index contributed by atoms with van der Waals surface area (Å²) in [6.07, 6.45) is 1.23. The van der Waals surface area contributed by atoms with E-state index in [0.717, 1.165) is 5.56 Å². The van der Waals surface area contributed by atoms with E-state index in [9.17, 15) is 18.2 Å². The third-order valence-corrected chi connectivity index (χ3v) is 9.20. The van der Waals surface area contributed by atoms with Crippen molar-refractivity contribution in [1.82, 2.24) is 4.90 Å². The summed E-state index contributed by atoms with van der Waals surface area (Å²) in [5.74, 6) is -0.0317. The van der Waals surface area contributed by atoms with Crippen molar-refractivity contribution in [3.05, 3.63) is 126 Å². The standard InChI is InChI=1S/C33H29FN2O4S/c34-27-12-14-28(15-13-27)41(39)36-29-16-11-26(21-31(29)40-22-30(36)23-7-3-1-4-8-23)33(38)35-19-17-25(18-20-35)32(37)24-9-5-2-6-10-24/h1-16,21,25,30H,17-20,22H2. The lowest BCUT2D eigenvalue weighted by atomic mass is 9.88. The molecule has 1 amide bonds. The number of benzene rings is 4. The third-order valence-electron chi connectivity index (χ3n) is 7.71. The van der Waals surface area contributed by atoms with E-state index in [4.69, 9.17) is 4.74 Å². The van der Waals surface area contributed by atoms with Crippen LogP contribution in [0.1, 0.15) is 45.2 Å². The summed E-state index contributed by atoms with van der Waals surface area (Å²) in [4.78, 5) is 28.6. The fourth-order valence-corrected chi connectivity index (χ4v) is 6.83. The van der Waals surface area contributed by atoms with Crippen molar-refractivity contribution in [2.24, 2.45) is 5.92 Å². The predicted octanol–water partition coefficient (Wildman–Crippen LogP) is 6.22. The second kappa shape index (κ2) is 11.7. The van der Waals surface area contributed by atoms with Gasteiger partial charge in [-0.2, -0.15) is 0 Å². The van der Waals surface area contributed by atoms with Gasteiger partial charge in [-0.3, -0.25) is 13.9 Å². The summed E-state index contributed by atoms with van der Waals surface area (Å²) in [6.45, 7) is 1.22. The van der Waals surface area contributed by atoms with E-state index in [2.05, 4.69) is 0 Å². The van der Waals surface area contributed by atoms with Gasteiger partial charge in [0.1, 0.15) is 24.2 Å². The maximum Gasteiger partial charge on any atom is 0.253 e. The van der Waals surface area contributed by atoms with Crippen LogP contribution in [-0.2, 0) is 11.0 Å². The van der Waals surface area contributed by atoms with Gasteiger partial charge in [0, 0.05) is 30.1 Å². The number of hydrogen-bond donors (Lipinski definition) is 0. The average molecular weight is 569 g/mol. The number of ether oxygens (including phenoxy) is 1. The number of fused-ring (bicyclic) bond motifs is 1. The molecule has 8 heteroatoms. The molecular weight excluding hydrogens is 539 g/mol. The molecule has 0 spiro atoms. The quantitative estimate of drug-likeness (QED) is 0.259. The van der Waals surface area contributed by atoms with Gasteiger partial charge >= 0.3 is 0 Å². The van der Waals surface area contributed by atoms with Gasteiger partial charge in [0.05, 0.1) is 10.6 Å². The van der Waals surface area contributed by atoms with Gasteiger partial charge in [0.2, 0.25) is 0 Å². The van der Waals surface area contributed by atoms with E-state index in [1.54, 1.807) is 27.4 Å². The van der Waals surface area contributed by atoms with Crippen LogP contribution in [0, 0.1) is 11.7 Å². The van der Waals surface area contributed by atoms with E-state index in [-0.39, 0.29) is 30.3 Å². The Morgan fingerprint density at radius 3 is 2.15 bits per heavy atom. The number of carbonyl (C=O) groups is 2. The highest BCUT2D eigenvalue weighted by Gasteiger charge is 2.35. The normalized spacial score (nSPS) is 17.8. The fraction of sp³-hybridized carbons (Fsp3) is 0.212. The number of rotatable bonds is 6. The van der Waals surface area contributed by atoms with Gasteiger partial charge in [-0.15, -0.1) is 0 Å². The van der Waals surface area contributed by atoms with Crippen LogP contribution in [-0.4, -0.2) is 40.5 Å². The van der Waals surface area contributed by atoms with Crippen molar-refractivity contribution in [2.75, 3.05) is 24.0 Å². The zero-order valence-corrected chi connectivity index (χ0v) is 23.1. The lowest BCUT2D eigenvalue weighted by molar-refractivity contribution is 0.0650. The van der Waals surface area contributed by atoms with E-state index < -0.39 is 16.8 Å². The molecule has 1 fully saturated rings. The number of amides is 1. The molecule has 2 atom stereocenters. The third kappa shape index (κ3) is 5.52. The Balaban J connectivity index is 1.23. The highest BCUT2D eigenvalue weighted by atomic mass is 32.2. The van der Waals surface area contributed by atoms with E-state index in [1.165, 1.54) is 24.3 Å². The monoisotopic (exact) mass is 568 g/mol. The number of nitrogens with zero attached hydrogens (tertiary/aromatic N) is 2. The van der Waals surface area contributed by atoms with Gasteiger partial charge in [0.25, 0.3) is 5.91 Å². The van der Waals surface area contributed by atoms with Crippen molar-refractivity contribution in [2.45, 2.75) is 23.8 Å². The van der Waals surface area contributed by atoms with E-state index in [0.29, 0.717) is 53.4 Å². The minimum absolute atomic E-state index is 0.0989. The zero-order chi connectivity index (χ0) is 28.3. The number of likely N-dealkylation sites (tertiary alicyclic amines) is 1. The largest absolute Gasteiger partial charge is 0.489 e. The first-order chi connectivity index (χ1) is 20.0. The summed E-state index contributed by atoms with van der Waals surface area (Å²) in [7, 11) is -1.66. The summed E-state index contributed by atoms with van der Waals surface area (Å²) in [6, 6.07) is 29.4. The van der Waals surface area contributed by atoms with Gasteiger partial charge < -0.3 is 9.64 Å². The maximum absolute atomic E-state index is 13.9. The molecule has 2 aliphatic heterocycles. The van der Waals surface area contributed by atoms with Crippen molar-refractivity contribution in [1.29, 1.82) is 0 Å². The zero-order valence-electron chi connectivity index (χ0n) is 22.3. The highest BCUT2D eigenvalue weighted by molar-refractivity contribution is 7.86. The van der Waals surface area contributed by atoms with Gasteiger partial charge in [-0.05, 0) is 60.9 Å². The average Bonchev–Trinajstić information content (AvgIpc) is 3.04. The molecule has 41 heavy (non-hydrogen) atoms. The maximum atomic E-state index is 13.9. The first-order valence-corrected chi connectivity index (χ1v) is 14.8. The SMILES string of the molecule is O=C(c1ccccc1)C1CCN(C(=O)c2ccc3c(c2)OCC(c2ccccc2)N3S(=O)c2ccc(F)cc2)CC1. The summed E-state index contributed by atoms with van der Waals surface area (Å²) >= 11 is 0. The van der Waals surface area contributed by atoms with Crippen LogP contribution < -0.4 is 9.04 Å². The van der Waals surface area contributed by atoms with E-state index in [1.807, 2.05) is 60.7 Å². The topological polar surface area (TPSA) is 66.9 Å². The number of ketones is 1. The van der Waals surface area contributed by atoms with Crippen LogP contribution in [0.5, 0.6) is 5.75 Å². The molecule has 6 nitrogen and oxygen atoms in total. The number of Topliss-reactive ketones (excluding diaryl/α,β-unsaturated/α-hetero) is 1. The molecule has 1 saturated heterocycles. The molecule has 4 aromatic rings. The van der Waals surface area contributed by atoms with Crippen LogP contribution in [0.4, 0.5) is 10.1 Å². The molecule has 0 aliphatic carbocycles. The Hall–Kier alpha value is -4.30. The van der Waals surface area contributed by atoms with Crippen molar-refractivity contribution >= 4 is 28.4 Å². The Morgan fingerprint density at radius 2 is 1.46 bits per heavy atom. The lowest BCUT2D eigenvalue weighted by Crippen LogP contribution is -2.40. The minimum Gasteiger partial charge on any atom is -0.489 e. The van der Waals surface area contributed by atoms with E-state index >= 15 is 0 Å². The molecule has 0 radical (unpaired) electrons. The molecule has 0 N–H and O–H groups in total. The first kappa shape index (κ1) is 26.9. The minimum atomic E-state index is -1.66. The number of anilines is 1. The first-order valence-electron chi connectivity index (χ1n) is 13.7. The smallest absolute Gasteiger partial charge is 0.253 e. The number of carbonyl (C=O) groups excluding carboxylic acids is 2. The molecule has 4 aromatic carbocycles. The molecule has 2 heterocycles. The van der Waals surface area contributed by atoms with Crippen LogP contribution in [0.2, 0.25) is 0 Å². The number of hydrogen-bond acceptors (Lipinski definition) is 4. The van der Waals surface area contributed by atoms with Crippen LogP contribution in [0.25, 0.3) is 0 Å². The lowest BCUT2D eigenvalue weighted by Gasteiger charge is -2.38. The fourth-order valence-electron chi connectivity index (χ4n) is 5.49. The Kier molecular flexibility index (Phi) is 7.65. The number of halogens is 1. The summed E-state index contributed by atoms with van der Waals surface area (Å²) < 4.78 is 35.4. The predicted molar refractivity (Wildman–Crippen MR) is 156 cm³/mol. The number of piperidine rings is 1. The Labute approximate surface area is 241 Å². The Bertz CT molecular complexity index is 1570. The van der Waals surface area contributed by atoms with Gasteiger partial charge in [0.15, 0.2) is 16.8 Å². The molecule has 0 saturated carbocycles. The molecule has 2 unspecified atom stereocenters. The van der Waals surface area contributed by atoms with Gasteiger partial charge in [-0.1, -0.05) is 60.7 Å². The molecular formula is C33H29FN2O4S. The van der Waals surface area contributed by atoms with Crippen molar-refractivity contribution in [3.8, 4) is 5.75 Å². The second-order valence-corrected chi connectivity index (χ2v) is 11.6. The second-order valence-electron chi connectivity index (χ2n) is 10.2. The molecule has 0 bridgehead atoms. The van der Waals surface area contributed by atoms with Crippen LogP contribution in [0.15, 0.2) is 108 Å². The van der Waals surface area contributed by atoms with Crippen LogP contribution in [0.3, 0.4) is 0 Å². The van der Waals surface area contributed by atoms with Crippen molar-refractivity contribution < 1.29 is 22.9 Å². The van der Waals surface area contributed by atoms with Crippen LogP contribution >= 0.6 is 0 Å².